The zero-order valence-corrected chi connectivity index (χ0v) is 9.86. The molecule has 4 heteroatoms. The van der Waals surface area contributed by atoms with Crippen molar-refractivity contribution in [2.75, 3.05) is 0 Å². The van der Waals surface area contributed by atoms with Gasteiger partial charge < -0.3 is 4.74 Å². The molecule has 0 amide bonds. The lowest BCUT2D eigenvalue weighted by Gasteiger charge is -2.17. The van der Waals surface area contributed by atoms with Crippen LogP contribution in [0.1, 0.15) is 24.8 Å². The first kappa shape index (κ1) is 11.8. The lowest BCUT2D eigenvalue weighted by Crippen LogP contribution is -2.26. The number of fused-ring (bicyclic) bond motifs is 2. The van der Waals surface area contributed by atoms with Crippen molar-refractivity contribution in [3.05, 3.63) is 35.4 Å². The van der Waals surface area contributed by atoms with Crippen LogP contribution < -0.4 is 0 Å². The molecule has 2 aliphatic rings. The summed E-state index contributed by atoms with van der Waals surface area (Å²) in [5.74, 6) is -1.33. The Kier molecular flexibility index (Phi) is 2.90. The maximum absolute atomic E-state index is 13.0. The average Bonchev–Trinajstić information content (AvgIpc) is 2.88. The van der Waals surface area contributed by atoms with Gasteiger partial charge in [0.05, 0.1) is 12.2 Å². The molecule has 2 heterocycles. The van der Waals surface area contributed by atoms with E-state index in [9.17, 15) is 13.6 Å². The van der Waals surface area contributed by atoms with E-state index in [1.54, 1.807) is 0 Å². The first-order valence-corrected chi connectivity index (χ1v) is 6.25. The molecule has 18 heavy (non-hydrogen) atoms. The summed E-state index contributed by atoms with van der Waals surface area (Å²) in [5, 5.41) is 0. The normalized spacial score (nSPS) is 29.8. The summed E-state index contributed by atoms with van der Waals surface area (Å²) in [6, 6.07) is 3.25. The highest BCUT2D eigenvalue weighted by Crippen LogP contribution is 2.39. The smallest absolute Gasteiger partial charge is 0.143 e. The van der Waals surface area contributed by atoms with Crippen molar-refractivity contribution in [2.24, 2.45) is 5.92 Å². The first-order valence-electron chi connectivity index (χ1n) is 6.25. The molecule has 0 aliphatic carbocycles. The Morgan fingerprint density at radius 2 is 1.94 bits per heavy atom. The monoisotopic (exact) mass is 252 g/mol. The Morgan fingerprint density at radius 1 is 1.22 bits per heavy atom. The lowest BCUT2D eigenvalue weighted by molar-refractivity contribution is -0.123. The van der Waals surface area contributed by atoms with Crippen molar-refractivity contribution in [3.63, 3.8) is 0 Å². The van der Waals surface area contributed by atoms with Crippen molar-refractivity contribution >= 4 is 5.78 Å². The van der Waals surface area contributed by atoms with Gasteiger partial charge in [-0.25, -0.2) is 8.78 Å². The third-order valence-electron chi connectivity index (χ3n) is 3.82. The van der Waals surface area contributed by atoms with Crippen LogP contribution in [0.2, 0.25) is 0 Å². The molecular formula is C14H14F2O2. The van der Waals surface area contributed by atoms with Crippen molar-refractivity contribution in [2.45, 2.75) is 37.9 Å². The zero-order chi connectivity index (χ0) is 12.7. The Hall–Kier alpha value is -1.29. The van der Waals surface area contributed by atoms with Crippen molar-refractivity contribution in [3.8, 4) is 0 Å². The van der Waals surface area contributed by atoms with Crippen molar-refractivity contribution in [1.82, 2.24) is 0 Å². The number of ether oxygens (including phenoxy) is 1. The highest BCUT2D eigenvalue weighted by Gasteiger charge is 2.43. The largest absolute Gasteiger partial charge is 0.374 e. The molecule has 0 spiro atoms. The van der Waals surface area contributed by atoms with Gasteiger partial charge >= 0.3 is 0 Å². The SMILES string of the molecule is O=C(Cc1cc(F)cc(F)c1)C1CC2CCC1O2. The van der Waals surface area contributed by atoms with Crippen LogP contribution in [0.15, 0.2) is 18.2 Å². The zero-order valence-electron chi connectivity index (χ0n) is 9.86. The van der Waals surface area contributed by atoms with Crippen molar-refractivity contribution < 1.29 is 18.3 Å². The quantitative estimate of drug-likeness (QED) is 0.826. The molecule has 1 aromatic carbocycles. The second-order valence-corrected chi connectivity index (χ2v) is 5.14. The Balaban J connectivity index is 1.70. The maximum Gasteiger partial charge on any atom is 0.143 e. The predicted molar refractivity (Wildman–Crippen MR) is 61.1 cm³/mol. The van der Waals surface area contributed by atoms with Crippen LogP contribution in [0.3, 0.4) is 0 Å². The van der Waals surface area contributed by atoms with E-state index in [0.717, 1.165) is 25.3 Å². The first-order chi connectivity index (χ1) is 8.61. The van der Waals surface area contributed by atoms with E-state index in [2.05, 4.69) is 0 Å². The van der Waals surface area contributed by atoms with E-state index in [0.29, 0.717) is 5.56 Å². The van der Waals surface area contributed by atoms with E-state index in [1.807, 2.05) is 0 Å². The van der Waals surface area contributed by atoms with Gasteiger partial charge in [-0.05, 0) is 37.0 Å². The molecule has 2 bridgehead atoms. The van der Waals surface area contributed by atoms with Gasteiger partial charge in [0.2, 0.25) is 0 Å². The highest BCUT2D eigenvalue weighted by molar-refractivity contribution is 5.84. The molecule has 3 unspecified atom stereocenters. The minimum absolute atomic E-state index is 0.0286. The van der Waals surface area contributed by atoms with Crippen LogP contribution in [0.4, 0.5) is 8.78 Å². The second-order valence-electron chi connectivity index (χ2n) is 5.14. The van der Waals surface area contributed by atoms with Gasteiger partial charge in [-0.1, -0.05) is 0 Å². The van der Waals surface area contributed by atoms with Crippen LogP contribution in [0, 0.1) is 17.6 Å². The number of halogens is 2. The van der Waals surface area contributed by atoms with E-state index in [1.165, 1.54) is 12.1 Å². The fourth-order valence-corrected chi connectivity index (χ4v) is 3.02. The number of rotatable bonds is 3. The lowest BCUT2D eigenvalue weighted by atomic mass is 9.84. The van der Waals surface area contributed by atoms with Gasteiger partial charge in [-0.2, -0.15) is 0 Å². The summed E-state index contributed by atoms with van der Waals surface area (Å²) in [5.41, 5.74) is 0.403. The minimum Gasteiger partial charge on any atom is -0.374 e. The summed E-state index contributed by atoms with van der Waals surface area (Å²) in [6.45, 7) is 0. The Bertz CT molecular complexity index is 466. The summed E-state index contributed by atoms with van der Waals surface area (Å²) < 4.78 is 31.7. The molecular weight excluding hydrogens is 238 g/mol. The van der Waals surface area contributed by atoms with E-state index >= 15 is 0 Å². The Labute approximate surface area is 104 Å². The number of carbonyl (C=O) groups is 1. The van der Waals surface area contributed by atoms with Crippen LogP contribution >= 0.6 is 0 Å². The molecule has 2 nitrogen and oxygen atoms in total. The van der Waals surface area contributed by atoms with Crippen LogP contribution in [-0.4, -0.2) is 18.0 Å². The molecule has 1 aromatic rings. The summed E-state index contributed by atoms with van der Waals surface area (Å²) in [6.07, 6.45) is 3.06. The number of hydrogen-bond acceptors (Lipinski definition) is 2. The highest BCUT2D eigenvalue weighted by atomic mass is 19.1. The summed E-state index contributed by atoms with van der Waals surface area (Å²) in [7, 11) is 0. The minimum atomic E-state index is -0.637. The molecule has 0 N–H and O–H groups in total. The maximum atomic E-state index is 13.0. The molecule has 2 saturated heterocycles. The van der Waals surface area contributed by atoms with E-state index in [4.69, 9.17) is 4.74 Å². The predicted octanol–water partition coefficient (Wildman–Crippen LogP) is 2.64. The number of ketones is 1. The van der Waals surface area contributed by atoms with Crippen LogP contribution in [0.25, 0.3) is 0 Å². The van der Waals surface area contributed by atoms with Gasteiger partial charge in [0.25, 0.3) is 0 Å². The number of benzene rings is 1. The average molecular weight is 252 g/mol. The number of hydrogen-bond donors (Lipinski definition) is 0. The molecule has 3 atom stereocenters. The van der Waals surface area contributed by atoms with Crippen molar-refractivity contribution in [1.29, 1.82) is 0 Å². The molecule has 0 saturated carbocycles. The van der Waals surface area contributed by atoms with Gasteiger partial charge in [0.1, 0.15) is 17.4 Å². The van der Waals surface area contributed by atoms with E-state index < -0.39 is 11.6 Å². The Morgan fingerprint density at radius 3 is 2.50 bits per heavy atom. The summed E-state index contributed by atoms with van der Waals surface area (Å²) in [4.78, 5) is 12.1. The number of carbonyl (C=O) groups excluding carboxylic acids is 1. The molecule has 3 rings (SSSR count). The van der Waals surface area contributed by atoms with Crippen LogP contribution in [-0.2, 0) is 16.0 Å². The van der Waals surface area contributed by atoms with E-state index in [-0.39, 0.29) is 30.3 Å². The van der Waals surface area contributed by atoms with Gasteiger partial charge in [0, 0.05) is 18.4 Å². The molecule has 96 valence electrons. The molecule has 2 fully saturated rings. The standard InChI is InChI=1S/C14H14F2O2/c15-9-3-8(4-10(16)6-9)5-13(17)12-7-11-1-2-14(12)18-11/h3-4,6,11-12,14H,1-2,5,7H2. The summed E-state index contributed by atoms with van der Waals surface area (Å²) >= 11 is 0. The van der Waals surface area contributed by atoms with Gasteiger partial charge in [-0.3, -0.25) is 4.79 Å². The third-order valence-corrected chi connectivity index (χ3v) is 3.82. The molecule has 0 radical (unpaired) electrons. The van der Waals surface area contributed by atoms with Crippen LogP contribution in [0.5, 0.6) is 0 Å². The third kappa shape index (κ3) is 2.17. The van der Waals surface area contributed by atoms with Gasteiger partial charge in [0.15, 0.2) is 0 Å². The second kappa shape index (κ2) is 4.43. The van der Waals surface area contributed by atoms with Gasteiger partial charge in [-0.15, -0.1) is 0 Å². The molecule has 0 aromatic heterocycles. The molecule has 2 aliphatic heterocycles. The number of Topliss-reactive ketones (excluding diaryl/α,β-unsaturated/α-hetero) is 1. The topological polar surface area (TPSA) is 26.3 Å². The fourth-order valence-electron chi connectivity index (χ4n) is 3.02. The fraction of sp³-hybridized carbons (Fsp3) is 0.500.